The quantitative estimate of drug-likeness (QED) is 0.882. The molecule has 0 aliphatic heterocycles. The minimum absolute atomic E-state index is 0.222. The summed E-state index contributed by atoms with van der Waals surface area (Å²) in [5.74, 6) is 6.00. The molecule has 0 aromatic heterocycles. The predicted octanol–water partition coefficient (Wildman–Crippen LogP) is 2.58. The molecular formula is C17H17NO2S. The van der Waals surface area contributed by atoms with Crippen molar-refractivity contribution < 1.29 is 8.42 Å². The van der Waals surface area contributed by atoms with Crippen molar-refractivity contribution in [3.8, 4) is 11.8 Å². The molecule has 2 aromatic rings. The van der Waals surface area contributed by atoms with E-state index in [1.165, 1.54) is 12.6 Å². The molecule has 0 atom stereocenters. The van der Waals surface area contributed by atoms with Gasteiger partial charge in [-0.15, -0.1) is 0 Å². The first-order valence-electron chi connectivity index (χ1n) is 6.69. The van der Waals surface area contributed by atoms with E-state index < -0.39 is 10.0 Å². The van der Waals surface area contributed by atoms with Crippen LogP contribution in [0.2, 0.25) is 0 Å². The van der Waals surface area contributed by atoms with Crippen LogP contribution in [0.5, 0.6) is 0 Å². The van der Waals surface area contributed by atoms with Crippen LogP contribution in [0.25, 0.3) is 0 Å². The molecule has 0 heterocycles. The normalized spacial score (nSPS) is 10.7. The van der Waals surface area contributed by atoms with Gasteiger partial charge in [-0.1, -0.05) is 54.3 Å². The van der Waals surface area contributed by atoms with E-state index in [0.29, 0.717) is 12.0 Å². The molecule has 0 saturated carbocycles. The first kappa shape index (κ1) is 15.3. The predicted molar refractivity (Wildman–Crippen MR) is 84.3 cm³/mol. The summed E-state index contributed by atoms with van der Waals surface area (Å²) in [6, 6.07) is 16.9. The van der Waals surface area contributed by atoms with Crippen molar-refractivity contribution in [2.24, 2.45) is 0 Å². The van der Waals surface area contributed by atoms with E-state index in [2.05, 4.69) is 28.7 Å². The molecule has 0 bridgehead atoms. The Morgan fingerprint density at radius 1 is 1.00 bits per heavy atom. The lowest BCUT2D eigenvalue weighted by Crippen LogP contribution is -2.19. The minimum Gasteiger partial charge on any atom is -0.214 e. The summed E-state index contributed by atoms with van der Waals surface area (Å²) >= 11 is 0. The average molecular weight is 299 g/mol. The third kappa shape index (κ3) is 4.19. The van der Waals surface area contributed by atoms with E-state index in [4.69, 9.17) is 0 Å². The number of hydrogen-bond donors (Lipinski definition) is 1. The van der Waals surface area contributed by atoms with Crippen LogP contribution in [0, 0.1) is 11.8 Å². The fourth-order valence-corrected chi connectivity index (χ4v) is 2.81. The molecule has 2 rings (SSSR count). The van der Waals surface area contributed by atoms with Crippen LogP contribution in [0.1, 0.15) is 17.5 Å². The second-order valence-electron chi connectivity index (χ2n) is 4.49. The lowest BCUT2D eigenvalue weighted by atomic mass is 10.1. The van der Waals surface area contributed by atoms with Crippen LogP contribution in [-0.2, 0) is 16.4 Å². The van der Waals surface area contributed by atoms with E-state index in [9.17, 15) is 8.42 Å². The molecule has 108 valence electrons. The summed E-state index contributed by atoms with van der Waals surface area (Å²) in [6.07, 6.45) is 1.55. The van der Waals surface area contributed by atoms with Gasteiger partial charge in [-0.05, 0) is 31.2 Å². The van der Waals surface area contributed by atoms with Gasteiger partial charge in [0.05, 0.1) is 4.90 Å². The Morgan fingerprint density at radius 3 is 2.38 bits per heavy atom. The first-order chi connectivity index (χ1) is 10.1. The highest BCUT2D eigenvalue weighted by Crippen LogP contribution is 2.13. The minimum atomic E-state index is -3.47. The van der Waals surface area contributed by atoms with Gasteiger partial charge in [-0.3, -0.25) is 0 Å². The zero-order valence-corrected chi connectivity index (χ0v) is 12.7. The van der Waals surface area contributed by atoms with Crippen LogP contribution < -0.4 is 4.72 Å². The summed E-state index contributed by atoms with van der Waals surface area (Å²) in [7, 11) is -2.07. The maximum absolute atomic E-state index is 11.9. The molecule has 0 amide bonds. The van der Waals surface area contributed by atoms with Crippen LogP contribution in [-0.4, -0.2) is 15.5 Å². The van der Waals surface area contributed by atoms with E-state index in [0.717, 1.165) is 6.42 Å². The molecular weight excluding hydrogens is 282 g/mol. The van der Waals surface area contributed by atoms with Crippen molar-refractivity contribution in [2.45, 2.75) is 17.7 Å². The highest BCUT2D eigenvalue weighted by Gasteiger charge is 2.14. The third-order valence-corrected chi connectivity index (χ3v) is 4.52. The summed E-state index contributed by atoms with van der Waals surface area (Å²) in [5, 5.41) is 0. The zero-order valence-electron chi connectivity index (χ0n) is 11.8. The lowest BCUT2D eigenvalue weighted by Gasteiger charge is -2.04. The Kier molecular flexibility index (Phi) is 5.15. The summed E-state index contributed by atoms with van der Waals surface area (Å²) in [4.78, 5) is 0.222. The molecule has 2 aromatic carbocycles. The van der Waals surface area contributed by atoms with Gasteiger partial charge in [-0.2, -0.15) is 0 Å². The van der Waals surface area contributed by atoms with Crippen molar-refractivity contribution in [3.63, 3.8) is 0 Å². The highest BCUT2D eigenvalue weighted by atomic mass is 32.2. The van der Waals surface area contributed by atoms with E-state index in [-0.39, 0.29) is 4.90 Å². The number of benzene rings is 2. The number of sulfonamides is 1. The summed E-state index contributed by atoms with van der Waals surface area (Å²) in [5.41, 5.74) is 1.75. The molecule has 0 aliphatic rings. The lowest BCUT2D eigenvalue weighted by molar-refractivity contribution is 0.588. The van der Waals surface area contributed by atoms with Crippen LogP contribution >= 0.6 is 0 Å². The van der Waals surface area contributed by atoms with Gasteiger partial charge in [0.1, 0.15) is 0 Å². The molecule has 0 radical (unpaired) electrons. The van der Waals surface area contributed by atoms with E-state index in [1.54, 1.807) is 24.3 Å². The van der Waals surface area contributed by atoms with Crippen molar-refractivity contribution in [1.82, 2.24) is 4.72 Å². The number of hydrogen-bond acceptors (Lipinski definition) is 2. The van der Waals surface area contributed by atoms with Gasteiger partial charge < -0.3 is 0 Å². The second-order valence-corrected chi connectivity index (χ2v) is 6.35. The highest BCUT2D eigenvalue weighted by molar-refractivity contribution is 7.89. The van der Waals surface area contributed by atoms with Gasteiger partial charge in [0, 0.05) is 12.0 Å². The molecule has 4 heteroatoms. The smallest absolute Gasteiger partial charge is 0.214 e. The monoisotopic (exact) mass is 299 g/mol. The van der Waals surface area contributed by atoms with Crippen molar-refractivity contribution in [1.29, 1.82) is 0 Å². The van der Waals surface area contributed by atoms with Gasteiger partial charge in [-0.25, -0.2) is 13.1 Å². The van der Waals surface area contributed by atoms with E-state index in [1.807, 2.05) is 18.2 Å². The van der Waals surface area contributed by atoms with Crippen molar-refractivity contribution in [2.75, 3.05) is 7.05 Å². The second kappa shape index (κ2) is 7.07. The van der Waals surface area contributed by atoms with E-state index >= 15 is 0 Å². The average Bonchev–Trinajstić information content (AvgIpc) is 2.53. The van der Waals surface area contributed by atoms with Gasteiger partial charge in [0.25, 0.3) is 0 Å². The molecule has 0 unspecified atom stereocenters. The molecule has 21 heavy (non-hydrogen) atoms. The Hall–Kier alpha value is -2.09. The zero-order chi connectivity index (χ0) is 15.1. The topological polar surface area (TPSA) is 46.2 Å². The Labute approximate surface area is 126 Å². The standard InChI is InChI=1S/C17H17NO2S/c1-18-21(19,20)17-14-8-7-13-16(17)12-6-5-11-15-9-3-2-4-10-15/h2-4,7-10,13-14,18H,5,11H2,1H3. The van der Waals surface area contributed by atoms with Gasteiger partial charge >= 0.3 is 0 Å². The summed E-state index contributed by atoms with van der Waals surface area (Å²) in [6.45, 7) is 0. The fraction of sp³-hybridized carbons (Fsp3) is 0.176. The van der Waals surface area contributed by atoms with Crippen LogP contribution in [0.3, 0.4) is 0 Å². The van der Waals surface area contributed by atoms with Crippen LogP contribution in [0.15, 0.2) is 59.5 Å². The molecule has 0 saturated heterocycles. The SMILES string of the molecule is CNS(=O)(=O)c1ccccc1C#CCCc1ccccc1. The largest absolute Gasteiger partial charge is 0.241 e. The Bertz CT molecular complexity index is 756. The third-order valence-electron chi connectivity index (χ3n) is 3.05. The maximum atomic E-state index is 11.9. The number of nitrogens with one attached hydrogen (secondary N) is 1. The van der Waals surface area contributed by atoms with Gasteiger partial charge in [0.2, 0.25) is 10.0 Å². The molecule has 0 spiro atoms. The molecule has 1 N–H and O–H groups in total. The van der Waals surface area contributed by atoms with Crippen LogP contribution in [0.4, 0.5) is 0 Å². The first-order valence-corrected chi connectivity index (χ1v) is 8.17. The molecule has 0 aliphatic carbocycles. The molecule has 3 nitrogen and oxygen atoms in total. The van der Waals surface area contributed by atoms with Crippen molar-refractivity contribution in [3.05, 3.63) is 65.7 Å². The fourth-order valence-electron chi connectivity index (χ4n) is 1.92. The van der Waals surface area contributed by atoms with Gasteiger partial charge in [0.15, 0.2) is 0 Å². The summed E-state index contributed by atoms with van der Waals surface area (Å²) < 4.78 is 26.1. The number of rotatable bonds is 4. The Balaban J connectivity index is 2.13. The number of aryl methyl sites for hydroxylation is 1. The maximum Gasteiger partial charge on any atom is 0.241 e. The van der Waals surface area contributed by atoms with Crippen molar-refractivity contribution >= 4 is 10.0 Å². The Morgan fingerprint density at radius 2 is 1.67 bits per heavy atom. The molecule has 0 fully saturated rings.